The lowest BCUT2D eigenvalue weighted by atomic mass is 9.87. The van der Waals surface area contributed by atoms with E-state index >= 15 is 0 Å². The van der Waals surface area contributed by atoms with Gasteiger partial charge in [0.05, 0.1) is 135 Å². The number of hydrogen-bond donors (Lipinski definition) is 1. The number of aliphatic imine (C=N–C) groups is 1. The molecule has 0 bridgehead atoms. The van der Waals surface area contributed by atoms with E-state index in [0.717, 1.165) is 39.1 Å². The first kappa shape index (κ1) is 60.5. The summed E-state index contributed by atoms with van der Waals surface area (Å²) in [4.78, 5) is 11.9. The highest BCUT2D eigenvalue weighted by molar-refractivity contribution is 7.78. The van der Waals surface area contributed by atoms with E-state index in [1.807, 2.05) is 54.7 Å². The Kier molecular flexibility index (Phi) is 25.8. The summed E-state index contributed by atoms with van der Waals surface area (Å²) >= 11 is 4.81. The SMILES string of the molecule is Cn1cc(/C=N/OCCOCCOCCOCC(COCCOCCOCCOc2ccc(O[B]O)cc2)OCCOCCOCCN2Cc3ccccc3C3C(N=NN3c3ccc(N=C=S)cc3)c3ccccc32)c2ccccc21. The molecular weight excluding hydrogens is 1060 g/mol. The average molecular weight is 1130 g/mol. The number of nitrogens with zero attached hydrogens (tertiary/aromatic N) is 7. The van der Waals surface area contributed by atoms with Crippen LogP contribution in [0.1, 0.15) is 34.3 Å². The van der Waals surface area contributed by atoms with Crippen LogP contribution in [0.2, 0.25) is 0 Å². The number of ether oxygens (including phenoxy) is 10. The Bertz CT molecular complexity index is 2880. The minimum atomic E-state index is -0.339. The molecule has 5 aromatic carbocycles. The van der Waals surface area contributed by atoms with E-state index in [4.69, 9.17) is 84.4 Å². The first-order valence-electron chi connectivity index (χ1n) is 27.2. The van der Waals surface area contributed by atoms with E-state index in [9.17, 15) is 0 Å². The molecule has 8 rings (SSSR count). The molecule has 22 heteroatoms. The highest BCUT2D eigenvalue weighted by Crippen LogP contribution is 2.49. The number of para-hydroxylation sites is 2. The molecule has 0 saturated heterocycles. The number of oxime groups is 1. The normalized spacial score (nSPS) is 15.0. The summed E-state index contributed by atoms with van der Waals surface area (Å²) < 4.78 is 65.4. The number of benzene rings is 5. The molecule has 81 heavy (non-hydrogen) atoms. The Morgan fingerprint density at radius 3 is 1.95 bits per heavy atom. The number of isothiocyanates is 1. The van der Waals surface area contributed by atoms with Crippen molar-refractivity contribution in [2.45, 2.75) is 24.7 Å². The van der Waals surface area contributed by atoms with Crippen molar-refractivity contribution >= 4 is 59.2 Å². The molecule has 429 valence electrons. The third-order valence-electron chi connectivity index (χ3n) is 13.0. The fourth-order valence-corrected chi connectivity index (χ4v) is 9.27. The molecular formula is C59H71BN7O13S. The fourth-order valence-electron chi connectivity index (χ4n) is 9.16. The Morgan fingerprint density at radius 1 is 0.654 bits per heavy atom. The first-order valence-corrected chi connectivity index (χ1v) is 27.6. The Labute approximate surface area is 479 Å². The maximum atomic E-state index is 8.75. The predicted molar refractivity (Wildman–Crippen MR) is 311 cm³/mol. The second-order valence-corrected chi connectivity index (χ2v) is 18.7. The summed E-state index contributed by atoms with van der Waals surface area (Å²) in [6.45, 7) is 8.75. The lowest BCUT2D eigenvalue weighted by Gasteiger charge is -2.35. The minimum Gasteiger partial charge on any atom is -0.537 e. The zero-order valence-electron chi connectivity index (χ0n) is 45.7. The van der Waals surface area contributed by atoms with Crippen molar-refractivity contribution in [2.75, 3.05) is 142 Å². The highest BCUT2D eigenvalue weighted by Gasteiger charge is 2.40. The van der Waals surface area contributed by atoms with Crippen molar-refractivity contribution < 1.29 is 61.9 Å². The molecule has 1 radical (unpaired) electrons. The van der Waals surface area contributed by atoms with Crippen LogP contribution >= 0.6 is 12.2 Å². The number of aryl methyl sites for hydroxylation is 1. The van der Waals surface area contributed by atoms with Crippen LogP contribution in [-0.4, -0.2) is 167 Å². The Morgan fingerprint density at radius 2 is 1.25 bits per heavy atom. The van der Waals surface area contributed by atoms with E-state index < -0.39 is 0 Å². The van der Waals surface area contributed by atoms with Crippen molar-refractivity contribution in [3.05, 3.63) is 150 Å². The maximum Gasteiger partial charge on any atom is 0.569 e. The number of rotatable bonds is 39. The third-order valence-corrected chi connectivity index (χ3v) is 13.1. The molecule has 1 aromatic heterocycles. The average Bonchev–Trinajstić information content (AvgIpc) is 4.33. The summed E-state index contributed by atoms with van der Waals surface area (Å²) in [5.41, 5.74) is 8.39. The van der Waals surface area contributed by atoms with Gasteiger partial charge < -0.3 is 71.4 Å². The quantitative estimate of drug-likeness (QED) is 0.0127. The van der Waals surface area contributed by atoms with Gasteiger partial charge >= 0.3 is 7.69 Å². The van der Waals surface area contributed by atoms with Gasteiger partial charge in [0.2, 0.25) is 0 Å². The Balaban J connectivity index is 0.704. The summed E-state index contributed by atoms with van der Waals surface area (Å²) in [5, 5.41) is 28.0. The van der Waals surface area contributed by atoms with Gasteiger partial charge in [-0.15, -0.1) is 0 Å². The van der Waals surface area contributed by atoms with Gasteiger partial charge in [-0.05, 0) is 84.0 Å². The Hall–Kier alpha value is -6.63. The minimum absolute atomic E-state index is 0.124. The van der Waals surface area contributed by atoms with E-state index in [0.29, 0.717) is 158 Å². The molecule has 3 unspecified atom stereocenters. The van der Waals surface area contributed by atoms with Crippen LogP contribution in [-0.2, 0) is 61.1 Å². The molecule has 1 N–H and O–H groups in total. The highest BCUT2D eigenvalue weighted by atomic mass is 32.1. The first-order chi connectivity index (χ1) is 40.1. The number of aromatic nitrogens is 1. The standard InChI is InChI=1S/C59H71BN7O13S/c1-65-41-47(53-9-4-6-12-56(53)65)40-62-79-39-36-74-29-27-71-31-33-76-44-52(43-75-32-30-70-26-28-73-34-37-77-50-18-20-51(21-19-50)80-60-68)78-38-35-72-25-24-69-23-22-66-42-46-8-2-3-10-54(46)59-58(55-11-5-7-13-57(55)66)63-64-67(59)49-16-14-48(15-17-49)61-45-81/h2-21,40-41,52,58-59,68H,22-39,42-44H2,1H3/b62-40+. The molecule has 3 atom stereocenters. The molecule has 0 saturated carbocycles. The zero-order valence-corrected chi connectivity index (χ0v) is 46.6. The maximum absolute atomic E-state index is 8.75. The van der Waals surface area contributed by atoms with E-state index in [-0.39, 0.29) is 18.2 Å². The largest absolute Gasteiger partial charge is 0.569 e. The third kappa shape index (κ3) is 19.2. The van der Waals surface area contributed by atoms with E-state index in [1.54, 1.807) is 30.5 Å². The number of hydrogen-bond acceptors (Lipinski definition) is 20. The van der Waals surface area contributed by atoms with Crippen LogP contribution in [0.5, 0.6) is 11.5 Å². The lowest BCUT2D eigenvalue weighted by molar-refractivity contribution is -0.0869. The zero-order chi connectivity index (χ0) is 55.9. The summed E-state index contributed by atoms with van der Waals surface area (Å²) in [5.74, 6) is 1.18. The second-order valence-electron chi connectivity index (χ2n) is 18.5. The topological polar surface area (TPSA) is 192 Å². The summed E-state index contributed by atoms with van der Waals surface area (Å²) in [6, 6.07) is 39.5. The van der Waals surface area contributed by atoms with Gasteiger partial charge in [0, 0.05) is 54.1 Å². The molecule has 0 fully saturated rings. The van der Waals surface area contributed by atoms with Crippen LogP contribution in [0.3, 0.4) is 0 Å². The molecule has 0 amide bonds. The van der Waals surface area contributed by atoms with Gasteiger partial charge in [0.25, 0.3) is 0 Å². The molecule has 6 aromatic rings. The van der Waals surface area contributed by atoms with Gasteiger partial charge in [-0.2, -0.15) is 10.1 Å². The second kappa shape index (κ2) is 34.6. The van der Waals surface area contributed by atoms with E-state index in [1.165, 1.54) is 11.1 Å². The van der Waals surface area contributed by atoms with Gasteiger partial charge in [-0.25, -0.2) is 5.01 Å². The number of fused-ring (bicyclic) bond motifs is 6. The van der Waals surface area contributed by atoms with Gasteiger partial charge in [-0.3, -0.25) is 0 Å². The van der Waals surface area contributed by atoms with Gasteiger partial charge in [0.1, 0.15) is 42.9 Å². The molecule has 20 nitrogen and oxygen atoms in total. The summed E-state index contributed by atoms with van der Waals surface area (Å²) in [7, 11) is 2.64. The predicted octanol–water partition coefficient (Wildman–Crippen LogP) is 8.46. The van der Waals surface area contributed by atoms with Crippen molar-refractivity contribution in [3.63, 3.8) is 0 Å². The van der Waals surface area contributed by atoms with Crippen LogP contribution < -0.4 is 19.3 Å². The van der Waals surface area contributed by atoms with Crippen LogP contribution in [0.15, 0.2) is 148 Å². The van der Waals surface area contributed by atoms with Crippen LogP contribution in [0.25, 0.3) is 10.9 Å². The van der Waals surface area contributed by atoms with E-state index in [2.05, 4.69) is 85.4 Å². The van der Waals surface area contributed by atoms with Crippen molar-refractivity contribution in [1.29, 1.82) is 0 Å². The monoisotopic (exact) mass is 1130 g/mol. The van der Waals surface area contributed by atoms with Crippen molar-refractivity contribution in [2.24, 2.45) is 27.5 Å². The van der Waals surface area contributed by atoms with Gasteiger partial charge in [0.15, 0.2) is 0 Å². The molecule has 3 heterocycles. The van der Waals surface area contributed by atoms with Crippen LogP contribution in [0.4, 0.5) is 17.1 Å². The van der Waals surface area contributed by atoms with Gasteiger partial charge in [-0.1, -0.05) is 71.0 Å². The molecule has 2 aliphatic rings. The number of thiocarbonyl (C=S) groups is 1. The number of anilines is 2. The molecule has 0 spiro atoms. The molecule has 2 aliphatic heterocycles. The molecule has 0 aliphatic carbocycles. The van der Waals surface area contributed by atoms with Crippen molar-refractivity contribution in [3.8, 4) is 11.5 Å². The fraction of sp³-hybridized carbons (Fsp3) is 0.424. The lowest BCUT2D eigenvalue weighted by Crippen LogP contribution is -2.33. The summed E-state index contributed by atoms with van der Waals surface area (Å²) in [6.07, 6.45) is 3.41. The smallest absolute Gasteiger partial charge is 0.537 e. The van der Waals surface area contributed by atoms with Crippen LogP contribution in [0, 0.1) is 0 Å². The van der Waals surface area contributed by atoms with Crippen molar-refractivity contribution in [1.82, 2.24) is 4.57 Å².